The Bertz CT molecular complexity index is 632. The van der Waals surface area contributed by atoms with Crippen LogP contribution in [0.4, 0.5) is 0 Å². The molecule has 0 radical (unpaired) electrons. The Kier molecular flexibility index (Phi) is 8.97. The molecule has 0 atom stereocenters. The highest BCUT2D eigenvalue weighted by atomic mass is 16.5. The van der Waals surface area contributed by atoms with Crippen LogP contribution in [-0.2, 0) is 14.3 Å². The standard InChI is InChI=1S/C18H26N2O6/c1-13(21)19-9-5-10-20(11-8-17(22)26-4)18(23)14-6-7-15(24-2)16(12-14)25-3/h6-7,12H,5,8-11H2,1-4H3,(H,19,21). The number of amides is 2. The van der Waals surface area contributed by atoms with Crippen LogP contribution < -0.4 is 14.8 Å². The Labute approximate surface area is 153 Å². The van der Waals surface area contributed by atoms with Crippen molar-refractivity contribution in [2.75, 3.05) is 41.0 Å². The van der Waals surface area contributed by atoms with Crippen molar-refractivity contribution < 1.29 is 28.6 Å². The quantitative estimate of drug-likeness (QED) is 0.494. The van der Waals surface area contributed by atoms with Gasteiger partial charge in [-0.05, 0) is 24.6 Å². The number of hydrogen-bond acceptors (Lipinski definition) is 6. The number of nitrogens with one attached hydrogen (secondary N) is 1. The highest BCUT2D eigenvalue weighted by Gasteiger charge is 2.19. The first-order valence-electron chi connectivity index (χ1n) is 8.25. The zero-order valence-electron chi connectivity index (χ0n) is 15.7. The smallest absolute Gasteiger partial charge is 0.307 e. The fourth-order valence-corrected chi connectivity index (χ4v) is 2.33. The van der Waals surface area contributed by atoms with E-state index in [0.29, 0.717) is 36.6 Å². The highest BCUT2D eigenvalue weighted by molar-refractivity contribution is 5.95. The summed E-state index contributed by atoms with van der Waals surface area (Å²) in [4.78, 5) is 36.8. The third-order valence-corrected chi connectivity index (χ3v) is 3.71. The first-order chi connectivity index (χ1) is 12.4. The van der Waals surface area contributed by atoms with Gasteiger partial charge in [0.1, 0.15) is 0 Å². The maximum absolute atomic E-state index is 12.8. The fourth-order valence-electron chi connectivity index (χ4n) is 2.33. The summed E-state index contributed by atoms with van der Waals surface area (Å²) in [6.45, 7) is 2.50. The molecule has 2 amide bonds. The van der Waals surface area contributed by atoms with Gasteiger partial charge >= 0.3 is 5.97 Å². The van der Waals surface area contributed by atoms with Crippen LogP contribution in [0.5, 0.6) is 11.5 Å². The highest BCUT2D eigenvalue weighted by Crippen LogP contribution is 2.28. The Hall–Kier alpha value is -2.77. The van der Waals surface area contributed by atoms with Crippen LogP contribution in [0.3, 0.4) is 0 Å². The second-order valence-corrected chi connectivity index (χ2v) is 5.52. The Balaban J connectivity index is 2.87. The van der Waals surface area contributed by atoms with Gasteiger partial charge in [-0.2, -0.15) is 0 Å². The average molecular weight is 366 g/mol. The monoisotopic (exact) mass is 366 g/mol. The summed E-state index contributed by atoms with van der Waals surface area (Å²) in [7, 11) is 4.32. The summed E-state index contributed by atoms with van der Waals surface area (Å²) in [5, 5.41) is 2.68. The van der Waals surface area contributed by atoms with Gasteiger partial charge in [0.15, 0.2) is 11.5 Å². The van der Waals surface area contributed by atoms with E-state index in [-0.39, 0.29) is 24.8 Å². The molecule has 0 saturated heterocycles. The molecule has 0 aliphatic rings. The zero-order valence-corrected chi connectivity index (χ0v) is 15.7. The van der Waals surface area contributed by atoms with Crippen LogP contribution in [-0.4, -0.2) is 63.6 Å². The number of ether oxygens (including phenoxy) is 3. The molecule has 0 bridgehead atoms. The topological polar surface area (TPSA) is 94.2 Å². The Morgan fingerprint density at radius 2 is 1.73 bits per heavy atom. The fraction of sp³-hybridized carbons (Fsp3) is 0.500. The normalized spacial score (nSPS) is 10.0. The molecule has 8 heteroatoms. The second kappa shape index (κ2) is 11.0. The van der Waals surface area contributed by atoms with Crippen molar-refractivity contribution in [1.82, 2.24) is 10.2 Å². The molecule has 0 unspecified atom stereocenters. The van der Waals surface area contributed by atoms with Crippen molar-refractivity contribution in [3.63, 3.8) is 0 Å². The van der Waals surface area contributed by atoms with Crippen molar-refractivity contribution >= 4 is 17.8 Å². The summed E-state index contributed by atoms with van der Waals surface area (Å²) >= 11 is 0. The first kappa shape index (κ1) is 21.3. The van der Waals surface area contributed by atoms with Crippen molar-refractivity contribution in [3.05, 3.63) is 23.8 Å². The SMILES string of the molecule is COC(=O)CCN(CCCNC(C)=O)C(=O)c1ccc(OC)c(OC)c1. The van der Waals surface area contributed by atoms with Crippen molar-refractivity contribution in [2.24, 2.45) is 0 Å². The predicted octanol–water partition coefficient (Wildman–Crippen LogP) is 1.24. The molecule has 0 aliphatic carbocycles. The number of carbonyl (C=O) groups excluding carboxylic acids is 3. The predicted molar refractivity (Wildman–Crippen MR) is 95.4 cm³/mol. The van der Waals surface area contributed by atoms with Crippen molar-refractivity contribution in [3.8, 4) is 11.5 Å². The van der Waals surface area contributed by atoms with Crippen LogP contribution in [0.1, 0.15) is 30.1 Å². The third-order valence-electron chi connectivity index (χ3n) is 3.71. The minimum absolute atomic E-state index is 0.0929. The van der Waals surface area contributed by atoms with Gasteiger partial charge in [-0.3, -0.25) is 14.4 Å². The lowest BCUT2D eigenvalue weighted by Gasteiger charge is -2.23. The summed E-state index contributed by atoms with van der Waals surface area (Å²) in [6, 6.07) is 4.89. The summed E-state index contributed by atoms with van der Waals surface area (Å²) < 4.78 is 15.0. The van der Waals surface area contributed by atoms with Gasteiger partial charge in [-0.25, -0.2) is 0 Å². The van der Waals surface area contributed by atoms with Crippen LogP contribution in [0, 0.1) is 0 Å². The van der Waals surface area contributed by atoms with Crippen LogP contribution in [0.15, 0.2) is 18.2 Å². The molecule has 1 aromatic carbocycles. The number of carbonyl (C=O) groups is 3. The molecule has 1 N–H and O–H groups in total. The van der Waals surface area contributed by atoms with E-state index in [2.05, 4.69) is 10.1 Å². The number of rotatable bonds is 10. The molecule has 0 heterocycles. The molecule has 26 heavy (non-hydrogen) atoms. The van der Waals surface area contributed by atoms with Crippen LogP contribution >= 0.6 is 0 Å². The number of esters is 1. The molecule has 0 saturated carbocycles. The van der Waals surface area contributed by atoms with E-state index in [1.165, 1.54) is 28.3 Å². The first-order valence-corrected chi connectivity index (χ1v) is 8.25. The summed E-state index contributed by atoms with van der Waals surface area (Å²) in [6.07, 6.45) is 0.662. The molecule has 0 aromatic heterocycles. The van der Waals surface area contributed by atoms with Crippen LogP contribution in [0.2, 0.25) is 0 Å². The molecule has 8 nitrogen and oxygen atoms in total. The second-order valence-electron chi connectivity index (χ2n) is 5.52. The summed E-state index contributed by atoms with van der Waals surface area (Å²) in [5.41, 5.74) is 0.423. The van der Waals surface area contributed by atoms with E-state index in [1.807, 2.05) is 0 Å². The van der Waals surface area contributed by atoms with Gasteiger partial charge in [0.2, 0.25) is 5.91 Å². The largest absolute Gasteiger partial charge is 0.493 e. The number of methoxy groups -OCH3 is 3. The van der Waals surface area contributed by atoms with Gasteiger partial charge in [0.05, 0.1) is 27.8 Å². The van der Waals surface area contributed by atoms with Crippen LogP contribution in [0.25, 0.3) is 0 Å². The molecule has 1 aromatic rings. The van der Waals surface area contributed by atoms with Gasteiger partial charge in [0, 0.05) is 32.1 Å². The molecule has 0 fully saturated rings. The van der Waals surface area contributed by atoms with Gasteiger partial charge in [-0.1, -0.05) is 0 Å². The molecule has 0 aliphatic heterocycles. The van der Waals surface area contributed by atoms with Gasteiger partial charge in [0.25, 0.3) is 5.91 Å². The van der Waals surface area contributed by atoms with E-state index in [9.17, 15) is 14.4 Å². The lowest BCUT2D eigenvalue weighted by molar-refractivity contribution is -0.140. The maximum atomic E-state index is 12.8. The van der Waals surface area contributed by atoms with E-state index >= 15 is 0 Å². The molecule has 1 rings (SSSR count). The van der Waals surface area contributed by atoms with Crippen molar-refractivity contribution in [2.45, 2.75) is 19.8 Å². The molecule has 0 spiro atoms. The van der Waals surface area contributed by atoms with E-state index in [0.717, 1.165) is 0 Å². The maximum Gasteiger partial charge on any atom is 0.307 e. The lowest BCUT2D eigenvalue weighted by Crippen LogP contribution is -2.35. The number of benzene rings is 1. The average Bonchev–Trinajstić information content (AvgIpc) is 2.65. The lowest BCUT2D eigenvalue weighted by atomic mass is 10.1. The Morgan fingerprint density at radius 1 is 1.04 bits per heavy atom. The van der Waals surface area contributed by atoms with E-state index in [1.54, 1.807) is 23.1 Å². The van der Waals surface area contributed by atoms with Crippen molar-refractivity contribution in [1.29, 1.82) is 0 Å². The molecule has 144 valence electrons. The zero-order chi connectivity index (χ0) is 19.5. The van der Waals surface area contributed by atoms with Gasteiger partial charge < -0.3 is 24.4 Å². The third kappa shape index (κ3) is 6.62. The van der Waals surface area contributed by atoms with E-state index < -0.39 is 5.97 Å². The van der Waals surface area contributed by atoms with Gasteiger partial charge in [-0.15, -0.1) is 0 Å². The minimum Gasteiger partial charge on any atom is -0.493 e. The molecular formula is C18H26N2O6. The number of hydrogen-bond donors (Lipinski definition) is 1. The Morgan fingerprint density at radius 3 is 2.31 bits per heavy atom. The number of nitrogens with zero attached hydrogens (tertiary/aromatic N) is 1. The van der Waals surface area contributed by atoms with E-state index in [4.69, 9.17) is 9.47 Å². The molecular weight excluding hydrogens is 340 g/mol. The minimum atomic E-state index is -0.392. The summed E-state index contributed by atoms with van der Waals surface area (Å²) in [5.74, 6) is 0.215.